The van der Waals surface area contributed by atoms with Gasteiger partial charge in [-0.25, -0.2) is 4.98 Å². The van der Waals surface area contributed by atoms with Crippen LogP contribution < -0.4 is 16.2 Å². The number of nitrogens with zero attached hydrogens (tertiary/aromatic N) is 2. The van der Waals surface area contributed by atoms with Crippen molar-refractivity contribution >= 4 is 34.3 Å². The summed E-state index contributed by atoms with van der Waals surface area (Å²) in [6.45, 7) is 5.57. The van der Waals surface area contributed by atoms with Gasteiger partial charge in [0.05, 0.1) is 11.0 Å². The summed E-state index contributed by atoms with van der Waals surface area (Å²) >= 11 is 5.20. The van der Waals surface area contributed by atoms with E-state index in [-0.39, 0.29) is 5.91 Å². The van der Waals surface area contributed by atoms with Gasteiger partial charge in [-0.3, -0.25) is 15.6 Å². The summed E-state index contributed by atoms with van der Waals surface area (Å²) in [5.41, 5.74) is 8.95. The number of aromatic nitrogens is 2. The summed E-state index contributed by atoms with van der Waals surface area (Å²) in [4.78, 5) is 16.9. The SMILES string of the molecule is CCn1c(C)nc2cc(C(=O)NNC(=S)NCCc3ccccc3)ccc21. The Morgan fingerprint density at radius 3 is 2.67 bits per heavy atom. The molecule has 0 atom stereocenters. The van der Waals surface area contributed by atoms with E-state index in [0.29, 0.717) is 17.2 Å². The van der Waals surface area contributed by atoms with Gasteiger partial charge in [-0.2, -0.15) is 0 Å². The summed E-state index contributed by atoms with van der Waals surface area (Å²) in [6.07, 6.45) is 0.854. The number of carbonyl (C=O) groups is 1. The van der Waals surface area contributed by atoms with E-state index in [2.05, 4.69) is 44.8 Å². The van der Waals surface area contributed by atoms with E-state index in [1.807, 2.05) is 31.2 Å². The first-order chi connectivity index (χ1) is 13.1. The second kappa shape index (κ2) is 8.64. The van der Waals surface area contributed by atoms with Crippen molar-refractivity contribution < 1.29 is 4.79 Å². The molecule has 1 heterocycles. The number of imidazole rings is 1. The Kier molecular flexibility index (Phi) is 6.03. The molecule has 140 valence electrons. The maximum atomic E-state index is 12.4. The third-order valence-electron chi connectivity index (χ3n) is 4.35. The lowest BCUT2D eigenvalue weighted by atomic mass is 10.1. The number of fused-ring (bicyclic) bond motifs is 1. The number of rotatable bonds is 5. The fourth-order valence-electron chi connectivity index (χ4n) is 2.99. The van der Waals surface area contributed by atoms with Crippen LogP contribution in [-0.2, 0) is 13.0 Å². The molecule has 1 aromatic heterocycles. The maximum Gasteiger partial charge on any atom is 0.269 e. The Labute approximate surface area is 164 Å². The molecule has 0 aliphatic heterocycles. The number of thiocarbonyl (C=S) groups is 1. The molecule has 0 unspecified atom stereocenters. The molecule has 0 saturated heterocycles. The zero-order valence-electron chi connectivity index (χ0n) is 15.5. The summed E-state index contributed by atoms with van der Waals surface area (Å²) in [7, 11) is 0. The van der Waals surface area contributed by atoms with Gasteiger partial charge in [0.15, 0.2) is 5.11 Å². The molecule has 2 aromatic carbocycles. The number of hydrogen-bond donors (Lipinski definition) is 3. The van der Waals surface area contributed by atoms with Crippen LogP contribution in [0, 0.1) is 6.92 Å². The molecule has 3 aromatic rings. The molecule has 0 radical (unpaired) electrons. The number of nitrogens with one attached hydrogen (secondary N) is 3. The van der Waals surface area contributed by atoms with Gasteiger partial charge in [-0.05, 0) is 56.2 Å². The van der Waals surface area contributed by atoms with E-state index >= 15 is 0 Å². The molecule has 0 aliphatic rings. The zero-order chi connectivity index (χ0) is 19.2. The molecule has 0 aliphatic carbocycles. The average Bonchev–Trinajstić information content (AvgIpc) is 3.01. The number of amides is 1. The van der Waals surface area contributed by atoms with Crippen LogP contribution in [0.5, 0.6) is 0 Å². The standard InChI is InChI=1S/C20H23N5OS/c1-3-25-14(2)22-17-13-16(9-10-18(17)25)19(26)23-24-20(27)21-12-11-15-7-5-4-6-8-15/h4-10,13H,3,11-12H2,1-2H3,(H,23,26)(H2,21,24,27). The summed E-state index contributed by atoms with van der Waals surface area (Å²) < 4.78 is 2.11. The Morgan fingerprint density at radius 2 is 1.93 bits per heavy atom. The van der Waals surface area contributed by atoms with Crippen LogP contribution >= 0.6 is 12.2 Å². The lowest BCUT2D eigenvalue weighted by molar-refractivity contribution is 0.0944. The third kappa shape index (κ3) is 4.62. The van der Waals surface area contributed by atoms with Crippen molar-refractivity contribution in [3.05, 3.63) is 65.5 Å². The van der Waals surface area contributed by atoms with Crippen molar-refractivity contribution in [3.63, 3.8) is 0 Å². The van der Waals surface area contributed by atoms with Gasteiger partial charge in [0.2, 0.25) is 0 Å². The maximum absolute atomic E-state index is 12.4. The molecule has 0 bridgehead atoms. The second-order valence-electron chi connectivity index (χ2n) is 6.18. The van der Waals surface area contributed by atoms with Gasteiger partial charge >= 0.3 is 0 Å². The smallest absolute Gasteiger partial charge is 0.269 e. The highest BCUT2D eigenvalue weighted by Gasteiger charge is 2.11. The molecule has 7 heteroatoms. The molecule has 0 spiro atoms. The molecule has 27 heavy (non-hydrogen) atoms. The Morgan fingerprint density at radius 1 is 1.15 bits per heavy atom. The van der Waals surface area contributed by atoms with E-state index in [9.17, 15) is 4.79 Å². The molecule has 0 fully saturated rings. The van der Waals surface area contributed by atoms with Crippen molar-refractivity contribution in [1.29, 1.82) is 0 Å². The van der Waals surface area contributed by atoms with Gasteiger partial charge in [0.1, 0.15) is 5.82 Å². The molecule has 1 amide bonds. The van der Waals surface area contributed by atoms with Crippen LogP contribution in [0.25, 0.3) is 11.0 Å². The van der Waals surface area contributed by atoms with Gasteiger partial charge in [0.25, 0.3) is 5.91 Å². The normalized spacial score (nSPS) is 10.6. The second-order valence-corrected chi connectivity index (χ2v) is 6.59. The number of hydrazine groups is 1. The van der Waals surface area contributed by atoms with Crippen molar-refractivity contribution in [3.8, 4) is 0 Å². The first kappa shape index (κ1) is 18.8. The zero-order valence-corrected chi connectivity index (χ0v) is 16.3. The predicted molar refractivity (Wildman–Crippen MR) is 111 cm³/mol. The fourth-order valence-corrected chi connectivity index (χ4v) is 3.14. The van der Waals surface area contributed by atoms with Crippen molar-refractivity contribution in [2.45, 2.75) is 26.8 Å². The van der Waals surface area contributed by atoms with E-state index in [1.54, 1.807) is 12.1 Å². The van der Waals surface area contributed by atoms with E-state index < -0.39 is 0 Å². The van der Waals surface area contributed by atoms with Crippen LogP contribution in [0.2, 0.25) is 0 Å². The number of carbonyl (C=O) groups excluding carboxylic acids is 1. The quantitative estimate of drug-likeness (QED) is 0.468. The lowest BCUT2D eigenvalue weighted by Gasteiger charge is -2.11. The molecular weight excluding hydrogens is 358 g/mol. The van der Waals surface area contributed by atoms with Gasteiger partial charge in [-0.15, -0.1) is 0 Å². The highest BCUT2D eigenvalue weighted by atomic mass is 32.1. The van der Waals surface area contributed by atoms with Gasteiger partial charge < -0.3 is 9.88 Å². The minimum Gasteiger partial charge on any atom is -0.361 e. The first-order valence-electron chi connectivity index (χ1n) is 8.93. The molecule has 6 nitrogen and oxygen atoms in total. The van der Waals surface area contributed by atoms with Gasteiger partial charge in [0, 0.05) is 18.7 Å². The van der Waals surface area contributed by atoms with Crippen molar-refractivity contribution in [2.24, 2.45) is 0 Å². The molecule has 3 rings (SSSR count). The summed E-state index contributed by atoms with van der Waals surface area (Å²) in [5, 5.41) is 3.46. The Bertz CT molecular complexity index is 952. The van der Waals surface area contributed by atoms with E-state index in [1.165, 1.54) is 5.56 Å². The topological polar surface area (TPSA) is 71.0 Å². The summed E-state index contributed by atoms with van der Waals surface area (Å²) in [6, 6.07) is 15.6. The van der Waals surface area contributed by atoms with Crippen LogP contribution in [0.3, 0.4) is 0 Å². The third-order valence-corrected chi connectivity index (χ3v) is 4.60. The molecular formula is C20H23N5OS. The van der Waals surface area contributed by atoms with Crippen LogP contribution in [-0.4, -0.2) is 27.1 Å². The fraction of sp³-hybridized carbons (Fsp3) is 0.250. The Balaban J connectivity index is 1.51. The highest BCUT2D eigenvalue weighted by molar-refractivity contribution is 7.80. The van der Waals surface area contributed by atoms with E-state index in [0.717, 1.165) is 29.8 Å². The van der Waals surface area contributed by atoms with Crippen LogP contribution in [0.1, 0.15) is 28.7 Å². The number of hydrogen-bond acceptors (Lipinski definition) is 3. The highest BCUT2D eigenvalue weighted by Crippen LogP contribution is 2.17. The van der Waals surface area contributed by atoms with E-state index in [4.69, 9.17) is 12.2 Å². The lowest BCUT2D eigenvalue weighted by Crippen LogP contribution is -2.47. The first-order valence-corrected chi connectivity index (χ1v) is 9.34. The van der Waals surface area contributed by atoms with Gasteiger partial charge in [-0.1, -0.05) is 30.3 Å². The average molecular weight is 382 g/mol. The Hall–Kier alpha value is -2.93. The monoisotopic (exact) mass is 381 g/mol. The molecule has 3 N–H and O–H groups in total. The largest absolute Gasteiger partial charge is 0.361 e. The number of benzene rings is 2. The molecule has 0 saturated carbocycles. The summed E-state index contributed by atoms with van der Waals surface area (Å²) in [5.74, 6) is 0.680. The van der Waals surface area contributed by atoms with Crippen molar-refractivity contribution in [1.82, 2.24) is 25.7 Å². The predicted octanol–water partition coefficient (Wildman–Crippen LogP) is 2.72. The van der Waals surface area contributed by atoms with Crippen molar-refractivity contribution in [2.75, 3.05) is 6.54 Å². The minimum absolute atomic E-state index is 0.257. The van der Waals surface area contributed by atoms with Crippen LogP contribution in [0.4, 0.5) is 0 Å². The minimum atomic E-state index is -0.257. The van der Waals surface area contributed by atoms with Crippen LogP contribution in [0.15, 0.2) is 48.5 Å². The number of aryl methyl sites for hydroxylation is 2.